The first-order chi connectivity index (χ1) is 8.86. The fourth-order valence-corrected chi connectivity index (χ4v) is 2.01. The first-order valence-electron chi connectivity index (χ1n) is 5.75. The predicted octanol–water partition coefficient (Wildman–Crippen LogP) is 3.36. The zero-order valence-corrected chi connectivity index (χ0v) is 10.1. The van der Waals surface area contributed by atoms with E-state index in [9.17, 15) is 22.0 Å². The molecule has 1 aromatic rings. The third-order valence-electron chi connectivity index (χ3n) is 3.15. The molecule has 0 radical (unpaired) electrons. The number of ether oxygens (including phenoxy) is 1. The Morgan fingerprint density at radius 2 is 1.53 bits per heavy atom. The van der Waals surface area contributed by atoms with E-state index in [0.717, 1.165) is 6.42 Å². The van der Waals surface area contributed by atoms with Crippen molar-refractivity contribution in [3.05, 3.63) is 29.1 Å². The second kappa shape index (κ2) is 4.96. The van der Waals surface area contributed by atoms with Crippen LogP contribution in [0.4, 0.5) is 27.6 Å². The number of hydrogen-bond donors (Lipinski definition) is 1. The molecule has 2 nitrogen and oxygen atoms in total. The van der Waals surface area contributed by atoms with Gasteiger partial charge in [-0.1, -0.05) is 0 Å². The van der Waals surface area contributed by atoms with Gasteiger partial charge >= 0.3 is 0 Å². The molecule has 106 valence electrons. The van der Waals surface area contributed by atoms with E-state index >= 15 is 0 Å². The quantitative estimate of drug-likeness (QED) is 0.521. The van der Waals surface area contributed by atoms with Crippen LogP contribution in [0.25, 0.3) is 0 Å². The largest absolute Gasteiger partial charge is 0.377 e. The summed E-state index contributed by atoms with van der Waals surface area (Å²) in [6, 6.07) is 0. The van der Waals surface area contributed by atoms with Gasteiger partial charge in [0.15, 0.2) is 23.3 Å². The maximum atomic E-state index is 13.4. The van der Waals surface area contributed by atoms with Crippen LogP contribution in [0.3, 0.4) is 0 Å². The summed E-state index contributed by atoms with van der Waals surface area (Å²) < 4.78 is 70.9. The van der Waals surface area contributed by atoms with Crippen LogP contribution in [-0.4, -0.2) is 18.8 Å². The van der Waals surface area contributed by atoms with Gasteiger partial charge < -0.3 is 10.1 Å². The third kappa shape index (κ3) is 2.51. The average molecular weight is 281 g/mol. The minimum Gasteiger partial charge on any atom is -0.377 e. The molecular formula is C12H12F5NO. The number of anilines is 1. The topological polar surface area (TPSA) is 21.3 Å². The highest BCUT2D eigenvalue weighted by atomic mass is 19.2. The van der Waals surface area contributed by atoms with Crippen LogP contribution in [0, 0.1) is 29.1 Å². The van der Waals surface area contributed by atoms with Crippen molar-refractivity contribution in [2.24, 2.45) is 0 Å². The van der Waals surface area contributed by atoms with Crippen LogP contribution in [0.15, 0.2) is 0 Å². The molecule has 1 fully saturated rings. The average Bonchev–Trinajstić information content (AvgIpc) is 2.81. The molecule has 0 aromatic heterocycles. The lowest BCUT2D eigenvalue weighted by molar-refractivity contribution is 0.0314. The van der Waals surface area contributed by atoms with E-state index in [1.807, 2.05) is 0 Å². The van der Waals surface area contributed by atoms with Crippen molar-refractivity contribution in [3.63, 3.8) is 0 Å². The van der Waals surface area contributed by atoms with Crippen LogP contribution in [0.1, 0.15) is 19.8 Å². The van der Waals surface area contributed by atoms with E-state index in [1.54, 1.807) is 6.92 Å². The van der Waals surface area contributed by atoms with Gasteiger partial charge in [-0.15, -0.1) is 0 Å². The van der Waals surface area contributed by atoms with Crippen LogP contribution in [0.2, 0.25) is 0 Å². The molecule has 1 heterocycles. The first kappa shape index (κ1) is 14.0. The van der Waals surface area contributed by atoms with Crippen molar-refractivity contribution in [2.45, 2.75) is 25.4 Å². The summed E-state index contributed by atoms with van der Waals surface area (Å²) in [5.74, 6) is -9.81. The highest BCUT2D eigenvalue weighted by molar-refractivity contribution is 5.48. The molecule has 1 saturated heterocycles. The summed E-state index contributed by atoms with van der Waals surface area (Å²) >= 11 is 0. The van der Waals surface area contributed by atoms with E-state index in [-0.39, 0.29) is 6.54 Å². The Bertz CT molecular complexity index is 470. The van der Waals surface area contributed by atoms with Crippen molar-refractivity contribution in [3.8, 4) is 0 Å². The lowest BCUT2D eigenvalue weighted by Gasteiger charge is -2.24. The van der Waals surface area contributed by atoms with Gasteiger partial charge in [0.05, 0.1) is 5.60 Å². The molecule has 0 bridgehead atoms. The molecule has 0 aliphatic carbocycles. The second-order valence-electron chi connectivity index (χ2n) is 4.70. The number of benzene rings is 1. The molecule has 1 aliphatic rings. The maximum absolute atomic E-state index is 13.4. The van der Waals surface area contributed by atoms with E-state index in [1.165, 1.54) is 0 Å². The molecule has 1 unspecified atom stereocenters. The van der Waals surface area contributed by atoms with Gasteiger partial charge in [-0.25, -0.2) is 22.0 Å². The summed E-state index contributed by atoms with van der Waals surface area (Å²) in [5.41, 5.74) is -1.69. The van der Waals surface area contributed by atoms with Crippen LogP contribution in [0.5, 0.6) is 0 Å². The van der Waals surface area contributed by atoms with Crippen LogP contribution < -0.4 is 5.32 Å². The Hall–Kier alpha value is -1.37. The number of rotatable bonds is 3. The highest BCUT2D eigenvalue weighted by Crippen LogP contribution is 2.30. The predicted molar refractivity (Wildman–Crippen MR) is 58.3 cm³/mol. The second-order valence-corrected chi connectivity index (χ2v) is 4.70. The fraction of sp³-hybridized carbons (Fsp3) is 0.500. The fourth-order valence-electron chi connectivity index (χ4n) is 2.01. The standard InChI is InChI=1S/C12H12F5NO/c1-12(3-2-4-19-12)5-18-11-9(16)7(14)6(13)8(15)10(11)17/h18H,2-5H2,1H3. The normalized spacial score (nSPS) is 22.8. The molecule has 1 aromatic carbocycles. The SMILES string of the molecule is CC1(CNc2c(F)c(F)c(F)c(F)c2F)CCCO1. The Balaban J connectivity index is 2.25. The molecule has 0 amide bonds. The van der Waals surface area contributed by atoms with Crippen molar-refractivity contribution in [1.29, 1.82) is 0 Å². The van der Waals surface area contributed by atoms with Crippen molar-refractivity contribution in [1.82, 2.24) is 0 Å². The van der Waals surface area contributed by atoms with Crippen LogP contribution >= 0.6 is 0 Å². The van der Waals surface area contributed by atoms with Gasteiger partial charge in [0.2, 0.25) is 5.82 Å². The zero-order valence-electron chi connectivity index (χ0n) is 10.1. The van der Waals surface area contributed by atoms with Crippen molar-refractivity contribution >= 4 is 5.69 Å². The third-order valence-corrected chi connectivity index (χ3v) is 3.15. The number of nitrogens with one attached hydrogen (secondary N) is 1. The molecule has 19 heavy (non-hydrogen) atoms. The van der Waals surface area contributed by atoms with Crippen molar-refractivity contribution in [2.75, 3.05) is 18.5 Å². The van der Waals surface area contributed by atoms with Gasteiger partial charge in [-0.05, 0) is 19.8 Å². The smallest absolute Gasteiger partial charge is 0.200 e. The van der Waals surface area contributed by atoms with Gasteiger partial charge in [0.1, 0.15) is 5.69 Å². The minimum absolute atomic E-state index is 0.0364. The summed E-state index contributed by atoms with van der Waals surface area (Å²) in [6.45, 7) is 2.18. The maximum Gasteiger partial charge on any atom is 0.200 e. The first-order valence-corrected chi connectivity index (χ1v) is 5.75. The Labute approximate surface area is 106 Å². The van der Waals surface area contributed by atoms with E-state index in [0.29, 0.717) is 13.0 Å². The lowest BCUT2D eigenvalue weighted by atomic mass is 10.0. The molecule has 1 atom stereocenters. The van der Waals surface area contributed by atoms with Crippen LogP contribution in [-0.2, 0) is 4.74 Å². The number of hydrogen-bond acceptors (Lipinski definition) is 2. The zero-order chi connectivity index (χ0) is 14.2. The Morgan fingerprint density at radius 3 is 2.00 bits per heavy atom. The molecule has 7 heteroatoms. The number of halogens is 5. The van der Waals surface area contributed by atoms with Gasteiger partial charge in [0.25, 0.3) is 0 Å². The molecule has 1 N–H and O–H groups in total. The molecule has 0 saturated carbocycles. The van der Waals surface area contributed by atoms with E-state index < -0.39 is 40.4 Å². The van der Waals surface area contributed by atoms with Gasteiger partial charge in [-0.2, -0.15) is 0 Å². The lowest BCUT2D eigenvalue weighted by Crippen LogP contribution is -2.33. The van der Waals surface area contributed by atoms with Crippen molar-refractivity contribution < 1.29 is 26.7 Å². The molecule has 1 aliphatic heterocycles. The molecular weight excluding hydrogens is 269 g/mol. The summed E-state index contributed by atoms with van der Waals surface area (Å²) in [4.78, 5) is 0. The van der Waals surface area contributed by atoms with E-state index in [2.05, 4.69) is 5.32 Å². The van der Waals surface area contributed by atoms with Gasteiger partial charge in [0, 0.05) is 13.2 Å². The van der Waals surface area contributed by atoms with E-state index in [4.69, 9.17) is 4.74 Å². The minimum atomic E-state index is -2.16. The monoisotopic (exact) mass is 281 g/mol. The Kier molecular flexibility index (Phi) is 3.66. The summed E-state index contributed by atoms with van der Waals surface area (Å²) in [7, 11) is 0. The van der Waals surface area contributed by atoms with Gasteiger partial charge in [-0.3, -0.25) is 0 Å². The highest BCUT2D eigenvalue weighted by Gasteiger charge is 2.32. The molecule has 2 rings (SSSR count). The summed E-state index contributed by atoms with van der Waals surface area (Å²) in [5, 5.41) is 2.25. The summed E-state index contributed by atoms with van der Waals surface area (Å²) in [6.07, 6.45) is 1.44. The molecule has 0 spiro atoms. The Morgan fingerprint density at radius 1 is 1.00 bits per heavy atom.